The number of benzene rings is 2. The summed E-state index contributed by atoms with van der Waals surface area (Å²) in [5.74, 6) is -1.25. The van der Waals surface area contributed by atoms with E-state index in [1.807, 2.05) is 50.2 Å². The molecule has 2 atom stereocenters. The van der Waals surface area contributed by atoms with Crippen LogP contribution in [0.15, 0.2) is 48.5 Å². The van der Waals surface area contributed by atoms with Crippen LogP contribution in [0.4, 0.5) is 4.79 Å². The number of rotatable bonds is 11. The summed E-state index contributed by atoms with van der Waals surface area (Å²) in [5, 5.41) is 14.3. The van der Waals surface area contributed by atoms with Gasteiger partial charge < -0.3 is 25.4 Å². The van der Waals surface area contributed by atoms with Crippen molar-refractivity contribution in [2.24, 2.45) is 0 Å². The second-order valence-corrected chi connectivity index (χ2v) is 8.98. The van der Waals surface area contributed by atoms with Crippen LogP contribution in [0.3, 0.4) is 0 Å². The molecule has 0 saturated carbocycles. The molecule has 0 radical (unpaired) electrons. The van der Waals surface area contributed by atoms with E-state index in [1.165, 1.54) is 0 Å². The molecule has 0 heterocycles. The first-order valence-corrected chi connectivity index (χ1v) is 11.5. The fraction of sp³-hybridized carbons (Fsp3) is 0.423. The number of aliphatic carboxylic acids is 1. The van der Waals surface area contributed by atoms with E-state index in [1.54, 1.807) is 0 Å². The van der Waals surface area contributed by atoms with E-state index in [2.05, 4.69) is 34.9 Å². The summed E-state index contributed by atoms with van der Waals surface area (Å²) < 4.78 is 5.58. The molecule has 0 spiro atoms. The van der Waals surface area contributed by atoms with Crippen molar-refractivity contribution in [3.63, 3.8) is 0 Å². The molecule has 0 aliphatic heterocycles. The fourth-order valence-electron chi connectivity index (χ4n) is 4.32. The third-order valence-electron chi connectivity index (χ3n) is 5.92. The number of hydrogen-bond acceptors (Lipinski definition) is 5. The van der Waals surface area contributed by atoms with Crippen LogP contribution < -0.4 is 10.6 Å². The fourth-order valence-corrected chi connectivity index (χ4v) is 4.32. The number of carboxylic acids is 1. The molecule has 8 heteroatoms. The van der Waals surface area contributed by atoms with Gasteiger partial charge in [0.05, 0.1) is 0 Å². The number of carbonyl (C=O) groups is 3. The van der Waals surface area contributed by atoms with Crippen LogP contribution in [0.5, 0.6) is 0 Å². The average Bonchev–Trinajstić information content (AvgIpc) is 3.10. The Morgan fingerprint density at radius 3 is 2.15 bits per heavy atom. The maximum atomic E-state index is 12.8. The van der Waals surface area contributed by atoms with Gasteiger partial charge in [0.1, 0.15) is 12.6 Å². The quantitative estimate of drug-likeness (QED) is 0.468. The SMILES string of the molecule is CC(CCCC(=O)O)NC(=O)[C@H](CN(C)C)NC(=O)OCC1c2ccccc2-c2ccccc21. The predicted molar refractivity (Wildman–Crippen MR) is 130 cm³/mol. The molecule has 2 amide bonds. The summed E-state index contributed by atoms with van der Waals surface area (Å²) in [4.78, 5) is 37.9. The zero-order valence-corrected chi connectivity index (χ0v) is 19.9. The molecule has 0 fully saturated rings. The van der Waals surface area contributed by atoms with Crippen molar-refractivity contribution in [2.45, 2.75) is 44.2 Å². The van der Waals surface area contributed by atoms with Crippen molar-refractivity contribution in [1.29, 1.82) is 0 Å². The van der Waals surface area contributed by atoms with Crippen LogP contribution in [-0.2, 0) is 14.3 Å². The second-order valence-electron chi connectivity index (χ2n) is 8.98. The average molecular weight is 468 g/mol. The molecule has 3 N–H and O–H groups in total. The maximum absolute atomic E-state index is 12.8. The lowest BCUT2D eigenvalue weighted by atomic mass is 9.98. The normalized spacial score (nSPS) is 14.1. The lowest BCUT2D eigenvalue weighted by Crippen LogP contribution is -2.53. The third kappa shape index (κ3) is 6.57. The molecular weight excluding hydrogens is 434 g/mol. The van der Waals surface area contributed by atoms with E-state index < -0.39 is 18.1 Å². The number of amides is 2. The maximum Gasteiger partial charge on any atom is 0.407 e. The van der Waals surface area contributed by atoms with Gasteiger partial charge in [-0.15, -0.1) is 0 Å². The summed E-state index contributed by atoms with van der Waals surface area (Å²) in [7, 11) is 3.63. The van der Waals surface area contributed by atoms with E-state index in [0.717, 1.165) is 22.3 Å². The Bertz CT molecular complexity index is 978. The minimum absolute atomic E-state index is 0.0549. The number of hydrogen-bond donors (Lipinski definition) is 3. The van der Waals surface area contributed by atoms with Gasteiger partial charge in [-0.05, 0) is 56.1 Å². The first-order valence-electron chi connectivity index (χ1n) is 11.5. The van der Waals surface area contributed by atoms with Gasteiger partial charge in [0, 0.05) is 24.9 Å². The second kappa shape index (κ2) is 11.7. The number of nitrogens with zero attached hydrogens (tertiary/aromatic N) is 1. The van der Waals surface area contributed by atoms with E-state index in [9.17, 15) is 14.4 Å². The van der Waals surface area contributed by atoms with E-state index in [4.69, 9.17) is 9.84 Å². The molecule has 1 unspecified atom stereocenters. The molecule has 3 rings (SSSR count). The van der Waals surface area contributed by atoms with E-state index in [0.29, 0.717) is 19.4 Å². The monoisotopic (exact) mass is 467 g/mol. The topological polar surface area (TPSA) is 108 Å². The Kier molecular flexibility index (Phi) is 8.65. The molecule has 0 saturated heterocycles. The highest BCUT2D eigenvalue weighted by Gasteiger charge is 2.30. The van der Waals surface area contributed by atoms with Gasteiger partial charge in [-0.3, -0.25) is 9.59 Å². The van der Waals surface area contributed by atoms with Gasteiger partial charge in [0.2, 0.25) is 5.91 Å². The summed E-state index contributed by atoms with van der Waals surface area (Å²) >= 11 is 0. The summed E-state index contributed by atoms with van der Waals surface area (Å²) in [6.07, 6.45) is 0.411. The number of carbonyl (C=O) groups excluding carboxylic acids is 2. The number of likely N-dealkylation sites (N-methyl/N-ethyl adjacent to an activating group) is 1. The van der Waals surface area contributed by atoms with E-state index in [-0.39, 0.29) is 30.9 Å². The van der Waals surface area contributed by atoms with Gasteiger partial charge in [0.25, 0.3) is 0 Å². The Balaban J connectivity index is 1.59. The smallest absolute Gasteiger partial charge is 0.407 e. The molecular formula is C26H33N3O5. The number of alkyl carbamates (subject to hydrolysis) is 1. The van der Waals surface area contributed by atoms with Crippen LogP contribution in [0, 0.1) is 0 Å². The van der Waals surface area contributed by atoms with Crippen molar-refractivity contribution in [3.8, 4) is 11.1 Å². The molecule has 2 aromatic carbocycles. The largest absolute Gasteiger partial charge is 0.481 e. The Morgan fingerprint density at radius 1 is 1.00 bits per heavy atom. The van der Waals surface area contributed by atoms with Crippen molar-refractivity contribution >= 4 is 18.0 Å². The van der Waals surface area contributed by atoms with Gasteiger partial charge in [-0.1, -0.05) is 48.5 Å². The highest BCUT2D eigenvalue weighted by atomic mass is 16.5. The van der Waals surface area contributed by atoms with Gasteiger partial charge in [-0.25, -0.2) is 4.79 Å². The van der Waals surface area contributed by atoms with Crippen molar-refractivity contribution in [3.05, 3.63) is 59.7 Å². The van der Waals surface area contributed by atoms with Crippen LogP contribution in [0.25, 0.3) is 11.1 Å². The predicted octanol–water partition coefficient (Wildman–Crippen LogP) is 3.21. The molecule has 34 heavy (non-hydrogen) atoms. The third-order valence-corrected chi connectivity index (χ3v) is 5.92. The lowest BCUT2D eigenvalue weighted by Gasteiger charge is -2.24. The van der Waals surface area contributed by atoms with Gasteiger partial charge in [-0.2, -0.15) is 0 Å². The molecule has 1 aliphatic carbocycles. The number of fused-ring (bicyclic) bond motifs is 3. The van der Waals surface area contributed by atoms with Gasteiger partial charge >= 0.3 is 12.1 Å². The van der Waals surface area contributed by atoms with Crippen LogP contribution >= 0.6 is 0 Å². The zero-order valence-electron chi connectivity index (χ0n) is 19.9. The number of carboxylic acid groups (broad SMARTS) is 1. The molecule has 1 aliphatic rings. The molecule has 2 aromatic rings. The highest BCUT2D eigenvalue weighted by Crippen LogP contribution is 2.44. The van der Waals surface area contributed by atoms with Crippen molar-refractivity contribution in [2.75, 3.05) is 27.2 Å². The van der Waals surface area contributed by atoms with E-state index >= 15 is 0 Å². The van der Waals surface area contributed by atoms with Crippen molar-refractivity contribution < 1.29 is 24.2 Å². The van der Waals surface area contributed by atoms with Crippen LogP contribution in [0.2, 0.25) is 0 Å². The Labute approximate surface area is 200 Å². The molecule has 0 aromatic heterocycles. The van der Waals surface area contributed by atoms with Gasteiger partial charge in [0.15, 0.2) is 0 Å². The van der Waals surface area contributed by atoms with Crippen molar-refractivity contribution in [1.82, 2.24) is 15.5 Å². The molecule has 0 bridgehead atoms. The number of ether oxygens (including phenoxy) is 1. The summed E-state index contributed by atoms with van der Waals surface area (Å²) in [5.41, 5.74) is 4.53. The Morgan fingerprint density at radius 2 is 1.59 bits per heavy atom. The summed E-state index contributed by atoms with van der Waals surface area (Å²) in [6, 6.07) is 15.2. The standard InChI is InChI=1S/C26H33N3O5/c1-17(9-8-14-24(30)31)27-25(32)23(15-29(2)3)28-26(33)34-16-22-20-12-6-4-10-18(20)19-11-5-7-13-21(19)22/h4-7,10-13,17,22-23H,8-9,14-16H2,1-3H3,(H,27,32)(H,28,33)(H,30,31)/t17?,23-/m0/s1. The van der Waals surface area contributed by atoms with Crippen LogP contribution in [0.1, 0.15) is 43.2 Å². The summed E-state index contributed by atoms with van der Waals surface area (Å²) in [6.45, 7) is 2.29. The lowest BCUT2D eigenvalue weighted by molar-refractivity contribution is -0.137. The minimum Gasteiger partial charge on any atom is -0.481 e. The molecule has 8 nitrogen and oxygen atoms in total. The zero-order chi connectivity index (χ0) is 24.7. The first-order chi connectivity index (χ1) is 16.3. The van der Waals surface area contributed by atoms with Crippen LogP contribution in [-0.4, -0.2) is 67.3 Å². The minimum atomic E-state index is -0.860. The molecule has 182 valence electrons. The number of nitrogens with one attached hydrogen (secondary N) is 2. The Hall–Kier alpha value is -3.39. The first kappa shape index (κ1) is 25.2. The highest BCUT2D eigenvalue weighted by molar-refractivity contribution is 5.86.